The van der Waals surface area contributed by atoms with Crippen LogP contribution in [0.15, 0.2) is 77.9 Å². The van der Waals surface area contributed by atoms with Gasteiger partial charge < -0.3 is 15.3 Å². The molecule has 4 N–H and O–H groups in total. The summed E-state index contributed by atoms with van der Waals surface area (Å²) in [4.78, 5) is 12.2. The fraction of sp³-hybridized carbons (Fsp3) is 0.393. The summed E-state index contributed by atoms with van der Waals surface area (Å²) in [7, 11) is -9.09. The molecule has 0 spiro atoms. The average molecular weight is 593 g/mol. The number of nitrogens with zero attached hydrogens (tertiary/aromatic N) is 1. The molecule has 0 fully saturated rings. The molecule has 0 saturated heterocycles. The molecular formula is C28H36N2O8S2. The number of fused-ring (bicyclic) bond motifs is 1. The number of carboxylic acid groups (broad SMARTS) is 1. The molecule has 0 saturated carbocycles. The third-order valence-corrected chi connectivity index (χ3v) is 9.32. The Kier molecular flexibility index (Phi) is 10.2. The minimum atomic E-state index is -4.54. The van der Waals surface area contributed by atoms with E-state index in [9.17, 15) is 30.7 Å². The van der Waals surface area contributed by atoms with Gasteiger partial charge in [0.25, 0.3) is 20.2 Å². The van der Waals surface area contributed by atoms with Crippen molar-refractivity contribution < 1.29 is 35.8 Å². The van der Waals surface area contributed by atoms with Gasteiger partial charge in [0.2, 0.25) is 0 Å². The van der Waals surface area contributed by atoms with Crippen molar-refractivity contribution in [2.75, 3.05) is 10.2 Å². The van der Waals surface area contributed by atoms with Gasteiger partial charge in [0.15, 0.2) is 5.37 Å². The van der Waals surface area contributed by atoms with E-state index in [2.05, 4.69) is 5.32 Å². The van der Waals surface area contributed by atoms with Crippen molar-refractivity contribution in [2.45, 2.75) is 74.1 Å². The number of nitrogens with one attached hydrogen (secondary N) is 1. The summed E-state index contributed by atoms with van der Waals surface area (Å²) in [5.41, 5.74) is 0.993. The van der Waals surface area contributed by atoms with Crippen molar-refractivity contribution in [3.05, 3.63) is 78.5 Å². The molecule has 40 heavy (non-hydrogen) atoms. The fourth-order valence-electron chi connectivity index (χ4n) is 5.30. The Labute approximate surface area is 235 Å². The first kappa shape index (κ1) is 31.3. The standard InChI is InChI=1S/C28H36N2O8S2/c1-3-26(40(36,37)38)30-24-17-16-22(39(33,34)35)20-23(24)28(2,18-10-5-8-15-27(31)32)25(30)14-9-11-19-29-21-12-6-4-7-13-21/h4,6-7,9,11-14,16-17,19-20,25-26,29H,3,5,8,10,15,18H2,1-2H3,(H,31,32)(H,33,34,35)(H,36,37,38). The minimum Gasteiger partial charge on any atom is -0.481 e. The highest BCUT2D eigenvalue weighted by atomic mass is 32.2. The van der Waals surface area contributed by atoms with Gasteiger partial charge in [-0.3, -0.25) is 13.9 Å². The van der Waals surface area contributed by atoms with Crippen LogP contribution in [0.25, 0.3) is 0 Å². The molecule has 3 rings (SSSR count). The van der Waals surface area contributed by atoms with E-state index in [4.69, 9.17) is 5.11 Å². The summed E-state index contributed by atoms with van der Waals surface area (Å²) < 4.78 is 68.9. The van der Waals surface area contributed by atoms with Crippen LogP contribution in [0.4, 0.5) is 11.4 Å². The van der Waals surface area contributed by atoms with Crippen LogP contribution in [-0.2, 0) is 30.4 Å². The number of para-hydroxylation sites is 1. The normalized spacial score (nSPS) is 20.2. The van der Waals surface area contributed by atoms with Gasteiger partial charge >= 0.3 is 5.97 Å². The first-order valence-corrected chi connectivity index (χ1v) is 16.0. The van der Waals surface area contributed by atoms with Crippen molar-refractivity contribution >= 4 is 37.6 Å². The van der Waals surface area contributed by atoms with Gasteiger partial charge in [-0.15, -0.1) is 0 Å². The Hall–Kier alpha value is -3.19. The number of rotatable bonds is 14. The van der Waals surface area contributed by atoms with Gasteiger partial charge in [-0.2, -0.15) is 16.8 Å². The van der Waals surface area contributed by atoms with Crippen LogP contribution in [0, 0.1) is 0 Å². The summed E-state index contributed by atoms with van der Waals surface area (Å²) >= 11 is 0. The van der Waals surface area contributed by atoms with Crippen LogP contribution in [-0.4, -0.2) is 48.4 Å². The molecule has 10 nitrogen and oxygen atoms in total. The van der Waals surface area contributed by atoms with Gasteiger partial charge in [-0.05, 0) is 61.2 Å². The fourth-order valence-corrected chi connectivity index (χ4v) is 6.76. The topological polar surface area (TPSA) is 161 Å². The van der Waals surface area contributed by atoms with Gasteiger partial charge in [0.1, 0.15) is 0 Å². The molecule has 12 heteroatoms. The number of benzene rings is 2. The number of carbonyl (C=O) groups is 1. The van der Waals surface area contributed by atoms with E-state index in [0.29, 0.717) is 36.9 Å². The third-order valence-electron chi connectivity index (χ3n) is 7.23. The summed E-state index contributed by atoms with van der Waals surface area (Å²) in [5, 5.41) is 10.8. The Morgan fingerprint density at radius 1 is 1.05 bits per heavy atom. The van der Waals surface area contributed by atoms with Crippen LogP contribution in [0.2, 0.25) is 0 Å². The zero-order valence-electron chi connectivity index (χ0n) is 22.5. The Morgan fingerprint density at radius 2 is 1.75 bits per heavy atom. The maximum Gasteiger partial charge on any atom is 0.303 e. The zero-order valence-corrected chi connectivity index (χ0v) is 24.1. The van der Waals surface area contributed by atoms with Gasteiger partial charge in [-0.1, -0.05) is 57.0 Å². The van der Waals surface area contributed by atoms with Crippen LogP contribution >= 0.6 is 0 Å². The second-order valence-corrected chi connectivity index (χ2v) is 13.0. The Morgan fingerprint density at radius 3 is 2.35 bits per heavy atom. The maximum absolute atomic E-state index is 12.5. The highest BCUT2D eigenvalue weighted by Crippen LogP contribution is 2.51. The Bertz CT molecular complexity index is 1460. The van der Waals surface area contributed by atoms with E-state index in [1.54, 1.807) is 36.3 Å². The van der Waals surface area contributed by atoms with Crippen LogP contribution in [0.5, 0.6) is 0 Å². The molecule has 3 unspecified atom stereocenters. The molecule has 0 aliphatic carbocycles. The number of unbranched alkanes of at least 4 members (excludes halogenated alkanes) is 2. The van der Waals surface area contributed by atoms with Crippen LogP contribution < -0.4 is 10.2 Å². The van der Waals surface area contributed by atoms with Crippen molar-refractivity contribution in [1.82, 2.24) is 0 Å². The molecule has 218 valence electrons. The predicted molar refractivity (Wildman–Crippen MR) is 155 cm³/mol. The van der Waals surface area contributed by atoms with E-state index < -0.39 is 43.0 Å². The minimum absolute atomic E-state index is 0.0233. The molecule has 1 aliphatic heterocycles. The lowest BCUT2D eigenvalue weighted by atomic mass is 9.74. The van der Waals surface area contributed by atoms with Crippen molar-refractivity contribution in [3.8, 4) is 0 Å². The van der Waals surface area contributed by atoms with Crippen molar-refractivity contribution in [1.29, 1.82) is 0 Å². The van der Waals surface area contributed by atoms with Gasteiger partial charge in [0.05, 0.1) is 10.9 Å². The molecule has 1 heterocycles. The largest absolute Gasteiger partial charge is 0.481 e. The van der Waals surface area contributed by atoms with E-state index >= 15 is 0 Å². The number of allylic oxidation sites excluding steroid dienone is 2. The van der Waals surface area contributed by atoms with Gasteiger partial charge in [-0.25, -0.2) is 0 Å². The summed E-state index contributed by atoms with van der Waals surface area (Å²) in [6.45, 7) is 3.52. The monoisotopic (exact) mass is 592 g/mol. The highest BCUT2D eigenvalue weighted by Gasteiger charge is 2.50. The summed E-state index contributed by atoms with van der Waals surface area (Å²) in [6.07, 6.45) is 9.23. The Balaban J connectivity index is 2.06. The smallest absolute Gasteiger partial charge is 0.303 e. The van der Waals surface area contributed by atoms with E-state index in [1.807, 2.05) is 37.3 Å². The molecule has 0 aromatic heterocycles. The summed E-state index contributed by atoms with van der Waals surface area (Å²) in [6, 6.07) is 12.9. The zero-order chi connectivity index (χ0) is 29.6. The number of hydrogen-bond acceptors (Lipinski definition) is 7. The first-order chi connectivity index (χ1) is 18.8. The van der Waals surface area contributed by atoms with Crippen LogP contribution in [0.3, 0.4) is 0 Å². The molecule has 2 aromatic carbocycles. The number of hydrogen-bond donors (Lipinski definition) is 4. The number of anilines is 2. The summed E-state index contributed by atoms with van der Waals surface area (Å²) in [5.74, 6) is -0.892. The molecule has 3 atom stereocenters. The first-order valence-electron chi connectivity index (χ1n) is 13.0. The van der Waals surface area contributed by atoms with E-state index in [0.717, 1.165) is 5.69 Å². The molecule has 0 bridgehead atoms. The van der Waals surface area contributed by atoms with Crippen molar-refractivity contribution in [3.63, 3.8) is 0 Å². The molecule has 1 aliphatic rings. The number of aliphatic carboxylic acids is 1. The third kappa shape index (κ3) is 7.51. The van der Waals surface area contributed by atoms with E-state index in [1.165, 1.54) is 18.2 Å². The predicted octanol–water partition coefficient (Wildman–Crippen LogP) is 5.22. The number of carboxylic acids is 1. The highest BCUT2D eigenvalue weighted by molar-refractivity contribution is 7.86. The lowest BCUT2D eigenvalue weighted by molar-refractivity contribution is -0.137. The van der Waals surface area contributed by atoms with Crippen molar-refractivity contribution in [2.24, 2.45) is 0 Å². The maximum atomic E-state index is 12.5. The SMILES string of the molecule is CCC(N1c2ccc(S(=O)(=O)O)cc2C(C)(CCCCCC(=O)O)C1C=CC=CNc1ccccc1)S(=O)(=O)O. The molecule has 0 amide bonds. The second kappa shape index (κ2) is 13.0. The molecular weight excluding hydrogens is 556 g/mol. The van der Waals surface area contributed by atoms with Gasteiger partial charge in [0, 0.05) is 29.4 Å². The van der Waals surface area contributed by atoms with Crippen LogP contribution in [0.1, 0.15) is 57.9 Å². The quantitative estimate of drug-likeness (QED) is 0.130. The molecule has 2 aromatic rings. The molecule has 0 radical (unpaired) electrons. The van der Waals surface area contributed by atoms with E-state index in [-0.39, 0.29) is 17.7 Å². The lowest BCUT2D eigenvalue weighted by Crippen LogP contribution is -2.49. The average Bonchev–Trinajstić information content (AvgIpc) is 3.11. The lowest BCUT2D eigenvalue weighted by Gasteiger charge is -2.38. The second-order valence-electron chi connectivity index (χ2n) is 10.0.